The van der Waals surface area contributed by atoms with Crippen LogP contribution in [0.5, 0.6) is 5.75 Å². The van der Waals surface area contributed by atoms with Gasteiger partial charge in [-0.2, -0.15) is 0 Å². The molecular formula is C25H39N3O3. The Morgan fingerprint density at radius 3 is 2.19 bits per heavy atom. The Hall–Kier alpha value is -2.08. The second kappa shape index (κ2) is 11.5. The molecule has 2 fully saturated rings. The fraction of sp³-hybridized carbons (Fsp3) is 0.680. The highest BCUT2D eigenvalue weighted by molar-refractivity contribution is 5.78. The average molecular weight is 430 g/mol. The number of hydrogen-bond donors (Lipinski definition) is 0. The third kappa shape index (κ3) is 6.96. The lowest BCUT2D eigenvalue weighted by Crippen LogP contribution is -2.51. The molecule has 0 bridgehead atoms. The van der Waals surface area contributed by atoms with Crippen LogP contribution in [0.4, 0.5) is 0 Å². The molecule has 0 aliphatic carbocycles. The number of nitrogens with zero attached hydrogens (tertiary/aromatic N) is 3. The number of rotatable bonds is 9. The first kappa shape index (κ1) is 23.6. The van der Waals surface area contributed by atoms with Crippen molar-refractivity contribution in [3.63, 3.8) is 0 Å². The Balaban J connectivity index is 1.61. The van der Waals surface area contributed by atoms with Crippen molar-refractivity contribution in [1.29, 1.82) is 0 Å². The van der Waals surface area contributed by atoms with E-state index in [1.54, 1.807) is 0 Å². The van der Waals surface area contributed by atoms with Crippen molar-refractivity contribution in [2.75, 3.05) is 52.9 Å². The number of unbranched alkanes of at least 4 members (excludes halogenated alkanes) is 2. The Bertz CT molecular complexity index is 693. The van der Waals surface area contributed by atoms with Crippen LogP contribution in [0.3, 0.4) is 0 Å². The first-order valence-electron chi connectivity index (χ1n) is 11.9. The van der Waals surface area contributed by atoms with Crippen molar-refractivity contribution in [2.45, 2.75) is 51.9 Å². The van der Waals surface area contributed by atoms with Crippen molar-refractivity contribution < 1.29 is 14.3 Å². The third-order valence-electron chi connectivity index (χ3n) is 6.84. The average Bonchev–Trinajstić information content (AvgIpc) is 2.79. The number of likely N-dealkylation sites (N-methyl/N-ethyl adjacent to an activating group) is 1. The van der Waals surface area contributed by atoms with Crippen LogP contribution >= 0.6 is 0 Å². The van der Waals surface area contributed by atoms with E-state index in [1.165, 1.54) is 0 Å². The highest BCUT2D eigenvalue weighted by Gasteiger charge is 2.39. The van der Waals surface area contributed by atoms with Crippen LogP contribution < -0.4 is 4.74 Å². The second-order valence-electron chi connectivity index (χ2n) is 9.30. The van der Waals surface area contributed by atoms with Gasteiger partial charge in [0.05, 0.1) is 6.61 Å². The van der Waals surface area contributed by atoms with E-state index in [1.807, 2.05) is 40.1 Å². The third-order valence-corrected chi connectivity index (χ3v) is 6.84. The van der Waals surface area contributed by atoms with Gasteiger partial charge in [-0.25, -0.2) is 0 Å². The maximum absolute atomic E-state index is 13.2. The predicted molar refractivity (Wildman–Crippen MR) is 123 cm³/mol. The number of ether oxygens (including phenoxy) is 1. The van der Waals surface area contributed by atoms with Gasteiger partial charge in [0.1, 0.15) is 5.75 Å². The molecule has 2 aliphatic rings. The smallest absolute Gasteiger partial charge is 0.223 e. The van der Waals surface area contributed by atoms with Crippen LogP contribution in [0.15, 0.2) is 30.3 Å². The first-order valence-corrected chi connectivity index (χ1v) is 11.9. The van der Waals surface area contributed by atoms with Gasteiger partial charge in [0.15, 0.2) is 0 Å². The van der Waals surface area contributed by atoms with E-state index in [0.717, 1.165) is 77.1 Å². The number of piperidine rings is 1. The maximum Gasteiger partial charge on any atom is 0.223 e. The molecule has 2 heterocycles. The highest BCUT2D eigenvalue weighted by Crippen LogP contribution is 2.37. The minimum absolute atomic E-state index is 0.212. The molecule has 6 heteroatoms. The molecule has 0 spiro atoms. The van der Waals surface area contributed by atoms with Crippen molar-refractivity contribution in [3.05, 3.63) is 30.3 Å². The SMILES string of the molecule is CCCCCC(=O)N1CCC(COc2ccccc2)(CC(=O)N2CCN(C)CC2)CC1. The number of benzene rings is 1. The van der Waals surface area contributed by atoms with E-state index in [4.69, 9.17) is 4.74 Å². The summed E-state index contributed by atoms with van der Waals surface area (Å²) in [5, 5.41) is 0. The van der Waals surface area contributed by atoms with Gasteiger partial charge >= 0.3 is 0 Å². The summed E-state index contributed by atoms with van der Waals surface area (Å²) >= 11 is 0. The first-order chi connectivity index (χ1) is 15.0. The van der Waals surface area contributed by atoms with Gasteiger partial charge in [-0.3, -0.25) is 9.59 Å². The highest BCUT2D eigenvalue weighted by atomic mass is 16.5. The molecule has 0 unspecified atom stereocenters. The molecule has 1 aromatic rings. The number of piperazine rings is 1. The van der Waals surface area contributed by atoms with Crippen molar-refractivity contribution >= 4 is 11.8 Å². The van der Waals surface area contributed by atoms with E-state index in [0.29, 0.717) is 19.4 Å². The molecule has 6 nitrogen and oxygen atoms in total. The molecule has 3 rings (SSSR count). The molecule has 2 aliphatic heterocycles. The largest absolute Gasteiger partial charge is 0.493 e. The fourth-order valence-corrected chi connectivity index (χ4v) is 4.53. The molecule has 0 saturated carbocycles. The minimum Gasteiger partial charge on any atom is -0.493 e. The van der Waals surface area contributed by atoms with Crippen molar-refractivity contribution in [3.8, 4) is 5.75 Å². The normalized spacial score (nSPS) is 19.3. The number of para-hydroxylation sites is 1. The van der Waals surface area contributed by atoms with Gasteiger partial charge in [-0.15, -0.1) is 0 Å². The van der Waals surface area contributed by atoms with E-state index in [-0.39, 0.29) is 17.2 Å². The van der Waals surface area contributed by atoms with Crippen LogP contribution in [-0.2, 0) is 9.59 Å². The van der Waals surface area contributed by atoms with Crippen LogP contribution in [0.2, 0.25) is 0 Å². The number of likely N-dealkylation sites (tertiary alicyclic amines) is 1. The predicted octanol–water partition coefficient (Wildman–Crippen LogP) is 3.42. The van der Waals surface area contributed by atoms with Gasteiger partial charge in [0.2, 0.25) is 11.8 Å². The summed E-state index contributed by atoms with van der Waals surface area (Å²) in [6.45, 7) is 7.58. The minimum atomic E-state index is -0.212. The monoisotopic (exact) mass is 429 g/mol. The van der Waals surface area contributed by atoms with E-state index in [2.05, 4.69) is 18.9 Å². The Morgan fingerprint density at radius 2 is 1.55 bits per heavy atom. The lowest BCUT2D eigenvalue weighted by atomic mass is 9.75. The summed E-state index contributed by atoms with van der Waals surface area (Å²) in [5.41, 5.74) is -0.212. The van der Waals surface area contributed by atoms with E-state index in [9.17, 15) is 9.59 Å². The van der Waals surface area contributed by atoms with Gasteiger partial charge in [-0.1, -0.05) is 38.0 Å². The quantitative estimate of drug-likeness (QED) is 0.565. The molecule has 0 radical (unpaired) electrons. The Morgan fingerprint density at radius 1 is 0.903 bits per heavy atom. The molecule has 2 amide bonds. The summed E-state index contributed by atoms with van der Waals surface area (Å²) in [6, 6.07) is 9.83. The van der Waals surface area contributed by atoms with E-state index < -0.39 is 0 Å². The maximum atomic E-state index is 13.2. The van der Waals surface area contributed by atoms with E-state index >= 15 is 0 Å². The molecule has 31 heavy (non-hydrogen) atoms. The summed E-state index contributed by atoms with van der Waals surface area (Å²) in [5.74, 6) is 1.33. The van der Waals surface area contributed by atoms with Gasteiger partial charge < -0.3 is 19.4 Å². The summed E-state index contributed by atoms with van der Waals surface area (Å²) in [4.78, 5) is 32.0. The van der Waals surface area contributed by atoms with Crippen molar-refractivity contribution in [1.82, 2.24) is 14.7 Å². The Kier molecular flexibility index (Phi) is 8.76. The zero-order valence-electron chi connectivity index (χ0n) is 19.4. The molecule has 172 valence electrons. The second-order valence-corrected chi connectivity index (χ2v) is 9.30. The topological polar surface area (TPSA) is 53.1 Å². The lowest BCUT2D eigenvalue weighted by molar-refractivity contribution is -0.139. The zero-order chi connectivity index (χ0) is 22.1. The molecule has 0 aromatic heterocycles. The molecule has 1 aromatic carbocycles. The number of hydrogen-bond acceptors (Lipinski definition) is 4. The van der Waals surface area contributed by atoms with Crippen LogP contribution in [0.25, 0.3) is 0 Å². The molecule has 2 saturated heterocycles. The zero-order valence-corrected chi connectivity index (χ0v) is 19.4. The van der Waals surface area contributed by atoms with Gasteiger partial charge in [-0.05, 0) is 38.4 Å². The van der Waals surface area contributed by atoms with Crippen LogP contribution in [0.1, 0.15) is 51.9 Å². The number of carbonyl (C=O) groups excluding carboxylic acids is 2. The van der Waals surface area contributed by atoms with Gasteiger partial charge in [0, 0.05) is 57.5 Å². The van der Waals surface area contributed by atoms with Crippen LogP contribution in [0, 0.1) is 5.41 Å². The van der Waals surface area contributed by atoms with Crippen LogP contribution in [-0.4, -0.2) is 79.4 Å². The fourth-order valence-electron chi connectivity index (χ4n) is 4.53. The van der Waals surface area contributed by atoms with Gasteiger partial charge in [0.25, 0.3) is 0 Å². The summed E-state index contributed by atoms with van der Waals surface area (Å²) in [6.07, 6.45) is 5.98. The molecular weight excluding hydrogens is 390 g/mol. The number of carbonyl (C=O) groups is 2. The summed E-state index contributed by atoms with van der Waals surface area (Å²) < 4.78 is 6.15. The Labute approximate surface area is 187 Å². The lowest BCUT2D eigenvalue weighted by Gasteiger charge is -2.43. The molecule has 0 atom stereocenters. The number of amides is 2. The molecule has 0 N–H and O–H groups in total. The van der Waals surface area contributed by atoms with Crippen molar-refractivity contribution in [2.24, 2.45) is 5.41 Å². The summed E-state index contributed by atoms with van der Waals surface area (Å²) in [7, 11) is 2.10. The standard InChI is InChI=1S/C25H39N3O3/c1-3-4-6-11-23(29)27-14-12-25(13-15-27,21-31-22-9-7-5-8-10-22)20-24(30)28-18-16-26(2)17-19-28/h5,7-10H,3-4,6,11-21H2,1-2H3.